The first-order valence-electron chi connectivity index (χ1n) is 11.2. The lowest BCUT2D eigenvalue weighted by molar-refractivity contribution is -0.124. The molecule has 0 fully saturated rings. The van der Waals surface area contributed by atoms with E-state index in [1.165, 1.54) is 23.8 Å². The van der Waals surface area contributed by atoms with Crippen LogP contribution in [0.5, 0.6) is 0 Å². The van der Waals surface area contributed by atoms with E-state index in [1.807, 2.05) is 12.1 Å². The van der Waals surface area contributed by atoms with Crippen LogP contribution in [0.2, 0.25) is 0 Å². The predicted octanol–water partition coefficient (Wildman–Crippen LogP) is 4.10. The molecule has 0 unspecified atom stereocenters. The van der Waals surface area contributed by atoms with Gasteiger partial charge in [0.2, 0.25) is 0 Å². The average Bonchev–Trinajstić information content (AvgIpc) is 2.85. The molecule has 6 nitrogen and oxygen atoms in total. The van der Waals surface area contributed by atoms with Gasteiger partial charge in [0.05, 0.1) is 5.56 Å². The van der Waals surface area contributed by atoms with Gasteiger partial charge in [-0.25, -0.2) is 4.79 Å². The second-order valence-electron chi connectivity index (χ2n) is 8.50. The number of fused-ring (bicyclic) bond motifs is 2. The minimum atomic E-state index is -0.822. The smallest absolute Gasteiger partial charge is 0.339 e. The molecule has 0 aliphatic heterocycles. The molecular weight excluding hydrogens is 430 g/mol. The van der Waals surface area contributed by atoms with E-state index in [0.717, 1.165) is 5.56 Å². The Labute approximate surface area is 197 Å². The van der Waals surface area contributed by atoms with Gasteiger partial charge < -0.3 is 10.1 Å². The Morgan fingerprint density at radius 2 is 1.47 bits per heavy atom. The van der Waals surface area contributed by atoms with Crippen LogP contribution >= 0.6 is 0 Å². The van der Waals surface area contributed by atoms with E-state index in [-0.39, 0.29) is 28.0 Å². The second kappa shape index (κ2) is 9.83. The maximum atomic E-state index is 13.0. The normalized spacial score (nSPS) is 12.2. The van der Waals surface area contributed by atoms with Crippen LogP contribution in [0.25, 0.3) is 0 Å². The van der Waals surface area contributed by atoms with Gasteiger partial charge in [-0.3, -0.25) is 14.4 Å². The van der Waals surface area contributed by atoms with Crippen LogP contribution in [0, 0.1) is 0 Å². The molecule has 0 spiro atoms. The SMILES string of the molecule is CC(C)c1ccc(CCNC(=O)COC(=O)c2cccc3c2C(=O)c2ccccc2C3=O)cc1. The number of ether oxygens (including phenoxy) is 1. The second-order valence-corrected chi connectivity index (χ2v) is 8.50. The standard InChI is InChI=1S/C28H25NO5/c1-17(2)19-12-10-18(11-13-19)14-15-29-24(30)16-34-28(33)23-9-5-8-22-25(23)27(32)21-7-4-3-6-20(21)26(22)31/h3-13,17H,14-16H2,1-2H3,(H,29,30). The molecule has 1 aliphatic carbocycles. The summed E-state index contributed by atoms with van der Waals surface area (Å²) in [4.78, 5) is 50.7. The van der Waals surface area contributed by atoms with E-state index in [2.05, 4.69) is 31.3 Å². The van der Waals surface area contributed by atoms with E-state index in [9.17, 15) is 19.2 Å². The maximum absolute atomic E-state index is 13.0. The number of nitrogens with one attached hydrogen (secondary N) is 1. The van der Waals surface area contributed by atoms with E-state index < -0.39 is 24.3 Å². The molecule has 0 heterocycles. The summed E-state index contributed by atoms with van der Waals surface area (Å²) in [6, 6.07) is 19.2. The van der Waals surface area contributed by atoms with Crippen molar-refractivity contribution in [2.24, 2.45) is 0 Å². The highest BCUT2D eigenvalue weighted by Crippen LogP contribution is 2.29. The van der Waals surface area contributed by atoms with Gasteiger partial charge in [-0.15, -0.1) is 0 Å². The van der Waals surface area contributed by atoms with Crippen molar-refractivity contribution < 1.29 is 23.9 Å². The summed E-state index contributed by atoms with van der Waals surface area (Å²) in [6.07, 6.45) is 0.653. The molecule has 6 heteroatoms. The Morgan fingerprint density at radius 3 is 2.15 bits per heavy atom. The molecule has 0 aromatic heterocycles. The van der Waals surface area contributed by atoms with Crippen molar-refractivity contribution in [3.63, 3.8) is 0 Å². The van der Waals surface area contributed by atoms with Crippen molar-refractivity contribution in [3.8, 4) is 0 Å². The summed E-state index contributed by atoms with van der Waals surface area (Å²) >= 11 is 0. The number of rotatable bonds is 7. The van der Waals surface area contributed by atoms with Gasteiger partial charge in [0.25, 0.3) is 5.91 Å². The predicted molar refractivity (Wildman–Crippen MR) is 127 cm³/mol. The van der Waals surface area contributed by atoms with E-state index >= 15 is 0 Å². The van der Waals surface area contributed by atoms with Crippen LogP contribution in [0.3, 0.4) is 0 Å². The summed E-state index contributed by atoms with van der Waals surface area (Å²) in [5.74, 6) is -1.53. The summed E-state index contributed by atoms with van der Waals surface area (Å²) in [6.45, 7) is 4.19. The fraction of sp³-hybridized carbons (Fsp3) is 0.214. The number of hydrogen-bond acceptors (Lipinski definition) is 5. The monoisotopic (exact) mass is 455 g/mol. The molecule has 0 radical (unpaired) electrons. The van der Waals surface area contributed by atoms with Gasteiger partial charge >= 0.3 is 5.97 Å². The van der Waals surface area contributed by atoms with Gasteiger partial charge in [-0.05, 0) is 29.5 Å². The third-order valence-electron chi connectivity index (χ3n) is 5.89. The van der Waals surface area contributed by atoms with Crippen LogP contribution in [-0.4, -0.2) is 36.6 Å². The topological polar surface area (TPSA) is 89.5 Å². The van der Waals surface area contributed by atoms with E-state index in [1.54, 1.807) is 24.3 Å². The molecule has 172 valence electrons. The summed E-state index contributed by atoms with van der Waals surface area (Å²) in [5.41, 5.74) is 3.06. The van der Waals surface area contributed by atoms with E-state index in [0.29, 0.717) is 24.4 Å². The van der Waals surface area contributed by atoms with Crippen molar-refractivity contribution in [1.29, 1.82) is 0 Å². The van der Waals surface area contributed by atoms with Crippen LogP contribution in [0.1, 0.15) is 73.1 Å². The lowest BCUT2D eigenvalue weighted by Gasteiger charge is -2.19. The minimum Gasteiger partial charge on any atom is -0.452 e. The molecule has 0 bridgehead atoms. The number of amides is 1. The Kier molecular flexibility index (Phi) is 6.68. The molecule has 1 amide bonds. The van der Waals surface area contributed by atoms with Crippen LogP contribution < -0.4 is 5.32 Å². The number of ketones is 2. The van der Waals surface area contributed by atoms with Gasteiger partial charge in [0, 0.05) is 28.8 Å². The van der Waals surface area contributed by atoms with E-state index in [4.69, 9.17) is 4.74 Å². The fourth-order valence-electron chi connectivity index (χ4n) is 3.99. The Bertz CT molecular complexity index is 1270. The summed E-state index contributed by atoms with van der Waals surface area (Å²) in [7, 11) is 0. The fourth-order valence-corrected chi connectivity index (χ4v) is 3.99. The summed E-state index contributed by atoms with van der Waals surface area (Å²) < 4.78 is 5.16. The highest BCUT2D eigenvalue weighted by Gasteiger charge is 2.33. The number of carbonyl (C=O) groups is 4. The first-order valence-corrected chi connectivity index (χ1v) is 11.2. The van der Waals surface area contributed by atoms with Crippen molar-refractivity contribution in [3.05, 3.63) is 106 Å². The number of carbonyl (C=O) groups excluding carboxylic acids is 4. The maximum Gasteiger partial charge on any atom is 0.339 e. The number of esters is 1. The third kappa shape index (κ3) is 4.66. The van der Waals surface area contributed by atoms with Gasteiger partial charge in [0.1, 0.15) is 0 Å². The van der Waals surface area contributed by atoms with Crippen LogP contribution in [-0.2, 0) is 16.0 Å². The molecule has 3 aromatic rings. The third-order valence-corrected chi connectivity index (χ3v) is 5.89. The van der Waals surface area contributed by atoms with Crippen molar-refractivity contribution in [2.45, 2.75) is 26.2 Å². The quantitative estimate of drug-likeness (QED) is 0.424. The molecule has 3 aromatic carbocycles. The zero-order valence-corrected chi connectivity index (χ0v) is 19.1. The highest BCUT2D eigenvalue weighted by molar-refractivity contribution is 6.30. The molecule has 0 saturated heterocycles. The van der Waals surface area contributed by atoms with Crippen LogP contribution in [0.4, 0.5) is 0 Å². The lowest BCUT2D eigenvalue weighted by Crippen LogP contribution is -2.31. The lowest BCUT2D eigenvalue weighted by atomic mass is 9.82. The van der Waals surface area contributed by atoms with Crippen molar-refractivity contribution in [1.82, 2.24) is 5.32 Å². The molecule has 1 aliphatic rings. The first-order chi connectivity index (χ1) is 16.4. The number of hydrogen-bond donors (Lipinski definition) is 1. The van der Waals surface area contributed by atoms with Crippen molar-refractivity contribution >= 4 is 23.4 Å². The van der Waals surface area contributed by atoms with Crippen LogP contribution in [0.15, 0.2) is 66.7 Å². The Morgan fingerprint density at radius 1 is 0.824 bits per heavy atom. The minimum absolute atomic E-state index is 0.0152. The first kappa shape index (κ1) is 23.1. The average molecular weight is 456 g/mol. The zero-order valence-electron chi connectivity index (χ0n) is 19.1. The largest absolute Gasteiger partial charge is 0.452 e. The van der Waals surface area contributed by atoms with Gasteiger partial charge in [-0.1, -0.05) is 74.5 Å². The number of benzene rings is 3. The summed E-state index contributed by atoms with van der Waals surface area (Å²) in [5, 5.41) is 2.73. The Balaban J connectivity index is 1.36. The van der Waals surface area contributed by atoms with Gasteiger partial charge in [0.15, 0.2) is 18.2 Å². The molecule has 1 N–H and O–H groups in total. The molecule has 4 rings (SSSR count). The van der Waals surface area contributed by atoms with Gasteiger partial charge in [-0.2, -0.15) is 0 Å². The molecule has 0 saturated carbocycles. The van der Waals surface area contributed by atoms with Crippen molar-refractivity contribution in [2.75, 3.05) is 13.2 Å². The molecule has 34 heavy (non-hydrogen) atoms. The molecular formula is C28H25NO5. The molecule has 0 atom stereocenters. The zero-order chi connectivity index (χ0) is 24.2. The Hall–Kier alpha value is -4.06. The highest BCUT2D eigenvalue weighted by atomic mass is 16.5.